The fourth-order valence-electron chi connectivity index (χ4n) is 2.84. The van der Waals surface area contributed by atoms with Crippen molar-refractivity contribution in [2.45, 2.75) is 43.9 Å². The number of likely N-dealkylation sites (tertiary alicyclic amines) is 1. The Hall–Kier alpha value is -1.00. The summed E-state index contributed by atoms with van der Waals surface area (Å²) in [4.78, 5) is 14.6. The molecule has 1 aliphatic rings. The van der Waals surface area contributed by atoms with Crippen LogP contribution >= 0.6 is 11.8 Å². The van der Waals surface area contributed by atoms with Gasteiger partial charge in [0.2, 0.25) is 5.91 Å². The largest absolute Gasteiger partial charge is 0.342 e. The predicted octanol–water partition coefficient (Wildman–Crippen LogP) is 3.21. The number of rotatable bonds is 5. The van der Waals surface area contributed by atoms with Crippen molar-refractivity contribution >= 4 is 17.7 Å². The molecule has 2 rings (SSSR count). The molecule has 1 amide bonds. The second-order valence-electron chi connectivity index (χ2n) is 5.63. The highest BCUT2D eigenvalue weighted by molar-refractivity contribution is 7.99. The van der Waals surface area contributed by atoms with Gasteiger partial charge in [0.05, 0.1) is 0 Å². The van der Waals surface area contributed by atoms with Crippen molar-refractivity contribution in [1.82, 2.24) is 4.90 Å². The quantitative estimate of drug-likeness (QED) is 0.908. The van der Waals surface area contributed by atoms with Crippen LogP contribution in [0.5, 0.6) is 0 Å². The lowest BCUT2D eigenvalue weighted by molar-refractivity contribution is -0.131. The van der Waals surface area contributed by atoms with E-state index in [1.807, 2.05) is 47.0 Å². The molecule has 1 aromatic rings. The molecule has 1 heterocycles. The molecule has 21 heavy (non-hydrogen) atoms. The SMILES string of the molecule is CCSC1CCCCN(C(=O)CC(N)c2ccccc2)C1. The maximum Gasteiger partial charge on any atom is 0.224 e. The summed E-state index contributed by atoms with van der Waals surface area (Å²) in [7, 11) is 0. The maximum atomic E-state index is 12.5. The average molecular weight is 306 g/mol. The molecule has 1 aliphatic heterocycles. The molecule has 0 spiro atoms. The molecular weight excluding hydrogens is 280 g/mol. The highest BCUT2D eigenvalue weighted by Gasteiger charge is 2.23. The minimum Gasteiger partial charge on any atom is -0.342 e. The van der Waals surface area contributed by atoms with Crippen LogP contribution in [0.4, 0.5) is 0 Å². The Kier molecular flexibility index (Phi) is 6.58. The fraction of sp³-hybridized carbons (Fsp3) is 0.588. The number of amides is 1. The molecule has 2 atom stereocenters. The monoisotopic (exact) mass is 306 g/mol. The topological polar surface area (TPSA) is 46.3 Å². The van der Waals surface area contributed by atoms with Gasteiger partial charge in [0.1, 0.15) is 0 Å². The van der Waals surface area contributed by atoms with Gasteiger partial charge in [-0.3, -0.25) is 4.79 Å². The smallest absolute Gasteiger partial charge is 0.224 e. The summed E-state index contributed by atoms with van der Waals surface area (Å²) in [5.74, 6) is 1.32. The first kappa shape index (κ1) is 16.4. The number of hydrogen-bond donors (Lipinski definition) is 1. The normalized spacial score (nSPS) is 20.9. The van der Waals surface area contributed by atoms with Crippen LogP contribution in [0.15, 0.2) is 30.3 Å². The van der Waals surface area contributed by atoms with Crippen molar-refractivity contribution in [3.63, 3.8) is 0 Å². The summed E-state index contributed by atoms with van der Waals surface area (Å²) < 4.78 is 0. The molecule has 4 heteroatoms. The summed E-state index contributed by atoms with van der Waals surface area (Å²) in [6, 6.07) is 9.71. The molecule has 116 valence electrons. The average Bonchev–Trinajstić information content (AvgIpc) is 2.74. The van der Waals surface area contributed by atoms with Gasteiger partial charge in [-0.2, -0.15) is 11.8 Å². The summed E-state index contributed by atoms with van der Waals surface area (Å²) in [5, 5.41) is 0.592. The van der Waals surface area contributed by atoms with Gasteiger partial charge in [0.15, 0.2) is 0 Å². The van der Waals surface area contributed by atoms with Crippen molar-refractivity contribution < 1.29 is 4.79 Å². The first-order valence-electron chi connectivity index (χ1n) is 7.90. The Balaban J connectivity index is 1.92. The molecule has 0 bridgehead atoms. The molecule has 0 aliphatic carbocycles. The van der Waals surface area contributed by atoms with E-state index in [4.69, 9.17) is 5.73 Å². The number of nitrogens with zero attached hydrogens (tertiary/aromatic N) is 1. The van der Waals surface area contributed by atoms with Gasteiger partial charge in [-0.1, -0.05) is 43.7 Å². The molecule has 1 aromatic carbocycles. The van der Waals surface area contributed by atoms with E-state index in [2.05, 4.69) is 6.92 Å². The zero-order valence-electron chi connectivity index (χ0n) is 12.8. The van der Waals surface area contributed by atoms with Crippen LogP contribution in [0, 0.1) is 0 Å². The molecule has 3 nitrogen and oxygen atoms in total. The molecule has 1 saturated heterocycles. The third kappa shape index (κ3) is 5.04. The number of carbonyl (C=O) groups excluding carboxylic acids is 1. The van der Waals surface area contributed by atoms with Gasteiger partial charge in [0.25, 0.3) is 0 Å². The van der Waals surface area contributed by atoms with Gasteiger partial charge in [-0.25, -0.2) is 0 Å². The van der Waals surface area contributed by atoms with Gasteiger partial charge in [-0.15, -0.1) is 0 Å². The van der Waals surface area contributed by atoms with Crippen molar-refractivity contribution in [1.29, 1.82) is 0 Å². The summed E-state index contributed by atoms with van der Waals surface area (Å²) in [5.41, 5.74) is 7.22. The fourth-order valence-corrected chi connectivity index (χ4v) is 3.93. The Morgan fingerprint density at radius 2 is 2.14 bits per heavy atom. The zero-order chi connectivity index (χ0) is 15.1. The highest BCUT2D eigenvalue weighted by Crippen LogP contribution is 2.23. The summed E-state index contributed by atoms with van der Waals surface area (Å²) >= 11 is 1.98. The molecule has 2 unspecified atom stereocenters. The van der Waals surface area contributed by atoms with Crippen LogP contribution in [0.2, 0.25) is 0 Å². The van der Waals surface area contributed by atoms with Crippen LogP contribution in [0.3, 0.4) is 0 Å². The van der Waals surface area contributed by atoms with Gasteiger partial charge < -0.3 is 10.6 Å². The van der Waals surface area contributed by atoms with Crippen LogP contribution in [0.25, 0.3) is 0 Å². The number of benzene rings is 1. The van der Waals surface area contributed by atoms with E-state index in [1.165, 1.54) is 12.8 Å². The van der Waals surface area contributed by atoms with Crippen molar-refractivity contribution in [3.8, 4) is 0 Å². The number of hydrogen-bond acceptors (Lipinski definition) is 3. The number of nitrogens with two attached hydrogens (primary N) is 1. The van der Waals surface area contributed by atoms with Crippen molar-refractivity contribution in [2.75, 3.05) is 18.8 Å². The lowest BCUT2D eigenvalue weighted by Gasteiger charge is -2.25. The lowest BCUT2D eigenvalue weighted by atomic mass is 10.0. The third-order valence-electron chi connectivity index (χ3n) is 4.01. The van der Waals surface area contributed by atoms with E-state index in [1.54, 1.807) is 0 Å². The molecule has 1 fully saturated rings. The standard InChI is InChI=1S/C17H26N2OS/c1-2-21-15-10-6-7-11-19(13-15)17(20)12-16(18)14-8-4-3-5-9-14/h3-5,8-9,15-16H,2,6-7,10-13,18H2,1H3. The lowest BCUT2D eigenvalue weighted by Crippen LogP contribution is -2.37. The van der Waals surface area contributed by atoms with Crippen LogP contribution in [-0.2, 0) is 4.79 Å². The van der Waals surface area contributed by atoms with E-state index in [-0.39, 0.29) is 11.9 Å². The second kappa shape index (κ2) is 8.44. The predicted molar refractivity (Wildman–Crippen MR) is 90.3 cm³/mol. The molecular formula is C17H26N2OS. The van der Waals surface area contributed by atoms with E-state index in [0.717, 1.165) is 30.8 Å². The first-order valence-corrected chi connectivity index (χ1v) is 8.95. The molecule has 0 saturated carbocycles. The number of carbonyl (C=O) groups is 1. The summed E-state index contributed by atoms with van der Waals surface area (Å²) in [6.07, 6.45) is 3.99. The Labute approximate surface area is 132 Å². The van der Waals surface area contributed by atoms with E-state index in [0.29, 0.717) is 11.7 Å². The molecule has 0 radical (unpaired) electrons. The summed E-state index contributed by atoms with van der Waals surface area (Å²) in [6.45, 7) is 3.97. The van der Waals surface area contributed by atoms with Gasteiger partial charge >= 0.3 is 0 Å². The number of thioether (sulfide) groups is 1. The van der Waals surface area contributed by atoms with Gasteiger partial charge in [0, 0.05) is 30.8 Å². The minimum absolute atomic E-state index is 0.195. The van der Waals surface area contributed by atoms with Crippen LogP contribution in [-0.4, -0.2) is 34.9 Å². The highest BCUT2D eigenvalue weighted by atomic mass is 32.2. The Morgan fingerprint density at radius 1 is 1.38 bits per heavy atom. The zero-order valence-corrected chi connectivity index (χ0v) is 13.6. The Bertz CT molecular complexity index is 438. The second-order valence-corrected chi connectivity index (χ2v) is 7.21. The molecule has 2 N–H and O–H groups in total. The minimum atomic E-state index is -0.195. The van der Waals surface area contributed by atoms with Crippen LogP contribution < -0.4 is 5.73 Å². The van der Waals surface area contributed by atoms with Crippen LogP contribution in [0.1, 0.15) is 44.2 Å². The molecule has 0 aromatic heterocycles. The van der Waals surface area contributed by atoms with E-state index < -0.39 is 0 Å². The first-order chi connectivity index (χ1) is 10.2. The maximum absolute atomic E-state index is 12.5. The van der Waals surface area contributed by atoms with Gasteiger partial charge in [-0.05, 0) is 24.2 Å². The third-order valence-corrected chi connectivity index (χ3v) is 5.19. The Morgan fingerprint density at radius 3 is 2.86 bits per heavy atom. The van der Waals surface area contributed by atoms with Crippen molar-refractivity contribution in [3.05, 3.63) is 35.9 Å². The van der Waals surface area contributed by atoms with Crippen molar-refractivity contribution in [2.24, 2.45) is 5.73 Å². The van der Waals surface area contributed by atoms with E-state index in [9.17, 15) is 4.79 Å². The van der Waals surface area contributed by atoms with E-state index >= 15 is 0 Å².